The molecule has 0 amide bonds. The normalized spacial score (nSPS) is 17.7. The lowest BCUT2D eigenvalue weighted by molar-refractivity contribution is 0.0635. The minimum atomic E-state index is -0.638. The molecule has 5 rings (SSSR count). The van der Waals surface area contributed by atoms with E-state index >= 15 is 0 Å². The molecule has 39 heavy (non-hydrogen) atoms. The molecule has 0 saturated carbocycles. The Morgan fingerprint density at radius 2 is 1.82 bits per heavy atom. The third-order valence-corrected chi connectivity index (χ3v) is 7.72. The fourth-order valence-electron chi connectivity index (χ4n) is 5.58. The number of anilines is 2. The maximum absolute atomic E-state index is 15.0. The predicted molar refractivity (Wildman–Crippen MR) is 150 cm³/mol. The molecular weight excluding hydrogens is 498 g/mol. The zero-order chi connectivity index (χ0) is 27.8. The van der Waals surface area contributed by atoms with Gasteiger partial charge in [0.15, 0.2) is 11.6 Å². The highest BCUT2D eigenvalue weighted by atomic mass is 19.1. The molecule has 4 aromatic rings. The van der Waals surface area contributed by atoms with Crippen molar-refractivity contribution in [3.8, 4) is 11.3 Å². The lowest BCUT2D eigenvalue weighted by Gasteiger charge is -2.42. The van der Waals surface area contributed by atoms with Crippen LogP contribution in [0.1, 0.15) is 58.1 Å². The molecular formula is C29H36F2N8. The van der Waals surface area contributed by atoms with Gasteiger partial charge in [-0.3, -0.25) is 9.80 Å². The second kappa shape index (κ2) is 10.9. The maximum Gasteiger partial charge on any atom is 0.229 e. The van der Waals surface area contributed by atoms with E-state index in [9.17, 15) is 8.78 Å². The number of fused-ring (bicyclic) bond motifs is 1. The van der Waals surface area contributed by atoms with Crippen LogP contribution in [0.25, 0.3) is 22.3 Å². The third kappa shape index (κ3) is 5.35. The van der Waals surface area contributed by atoms with E-state index in [2.05, 4.69) is 55.8 Å². The number of hydrogen-bond acceptors (Lipinski definition) is 7. The lowest BCUT2D eigenvalue weighted by Crippen LogP contribution is -2.52. The van der Waals surface area contributed by atoms with Gasteiger partial charge in [0.1, 0.15) is 22.9 Å². The van der Waals surface area contributed by atoms with Gasteiger partial charge in [-0.2, -0.15) is 0 Å². The van der Waals surface area contributed by atoms with Crippen LogP contribution in [0, 0.1) is 18.6 Å². The van der Waals surface area contributed by atoms with Gasteiger partial charge in [0.2, 0.25) is 5.95 Å². The number of pyridine rings is 1. The molecule has 2 unspecified atom stereocenters. The molecule has 206 valence electrons. The molecule has 0 aliphatic carbocycles. The Balaban J connectivity index is 1.36. The van der Waals surface area contributed by atoms with Crippen LogP contribution in [0.5, 0.6) is 0 Å². The number of imidazole rings is 1. The number of benzene rings is 1. The zero-order valence-electron chi connectivity index (χ0n) is 23.4. The fraction of sp³-hybridized carbons (Fsp3) is 0.448. The Kier molecular flexibility index (Phi) is 7.59. The first-order chi connectivity index (χ1) is 18.7. The topological polar surface area (TPSA) is 75.0 Å². The summed E-state index contributed by atoms with van der Waals surface area (Å²) in [6.45, 7) is 16.7. The highest BCUT2D eigenvalue weighted by Crippen LogP contribution is 2.31. The summed E-state index contributed by atoms with van der Waals surface area (Å²) in [4.78, 5) is 22.4. The molecule has 0 bridgehead atoms. The van der Waals surface area contributed by atoms with E-state index in [1.807, 2.05) is 43.7 Å². The smallest absolute Gasteiger partial charge is 0.229 e. The summed E-state index contributed by atoms with van der Waals surface area (Å²) in [5.41, 5.74) is 2.31. The monoisotopic (exact) mass is 534 g/mol. The molecule has 0 spiro atoms. The maximum atomic E-state index is 15.0. The lowest BCUT2D eigenvalue weighted by atomic mass is 10.1. The molecule has 1 N–H and O–H groups in total. The minimum absolute atomic E-state index is 0.00745. The molecule has 8 nitrogen and oxygen atoms in total. The Bertz CT molecular complexity index is 1470. The number of piperazine rings is 1. The van der Waals surface area contributed by atoms with Crippen molar-refractivity contribution in [2.45, 2.75) is 59.7 Å². The van der Waals surface area contributed by atoms with Gasteiger partial charge in [0.25, 0.3) is 0 Å². The first-order valence-corrected chi connectivity index (χ1v) is 13.6. The van der Waals surface area contributed by atoms with Gasteiger partial charge in [0.05, 0.1) is 11.7 Å². The molecule has 4 heterocycles. The van der Waals surface area contributed by atoms with E-state index in [0.29, 0.717) is 28.8 Å². The van der Waals surface area contributed by atoms with Gasteiger partial charge < -0.3 is 9.88 Å². The number of hydrogen-bond donors (Lipinski definition) is 1. The SMILES string of the molecule is CCN1CCN(C(C)c2ccc(Nc3ncc(F)c(-c4cc(F)c5nc(C)n(C(C)C)c5c4)n3)nc2)CC1C. The highest BCUT2D eigenvalue weighted by molar-refractivity contribution is 5.83. The van der Waals surface area contributed by atoms with E-state index in [0.717, 1.165) is 37.9 Å². The van der Waals surface area contributed by atoms with Crippen molar-refractivity contribution in [3.63, 3.8) is 0 Å². The van der Waals surface area contributed by atoms with Gasteiger partial charge in [-0.1, -0.05) is 13.0 Å². The van der Waals surface area contributed by atoms with Gasteiger partial charge in [-0.15, -0.1) is 0 Å². The van der Waals surface area contributed by atoms with Gasteiger partial charge in [0, 0.05) is 49.5 Å². The van der Waals surface area contributed by atoms with E-state index in [1.165, 1.54) is 6.07 Å². The van der Waals surface area contributed by atoms with Crippen molar-refractivity contribution >= 4 is 22.8 Å². The third-order valence-electron chi connectivity index (χ3n) is 7.72. The predicted octanol–water partition coefficient (Wildman–Crippen LogP) is 5.89. The van der Waals surface area contributed by atoms with Gasteiger partial charge >= 0.3 is 0 Å². The molecule has 1 aliphatic rings. The van der Waals surface area contributed by atoms with Gasteiger partial charge in [-0.05, 0) is 64.9 Å². The summed E-state index contributed by atoms with van der Waals surface area (Å²) < 4.78 is 31.8. The molecule has 1 aromatic carbocycles. The summed E-state index contributed by atoms with van der Waals surface area (Å²) in [6, 6.07) is 7.74. The summed E-state index contributed by atoms with van der Waals surface area (Å²) in [5.74, 6) is 0.264. The largest absolute Gasteiger partial charge is 0.326 e. The fourth-order valence-corrected chi connectivity index (χ4v) is 5.58. The number of rotatable bonds is 7. The molecule has 1 fully saturated rings. The van der Waals surface area contributed by atoms with Crippen LogP contribution in [0.2, 0.25) is 0 Å². The van der Waals surface area contributed by atoms with Crippen molar-refractivity contribution in [2.24, 2.45) is 0 Å². The Morgan fingerprint density at radius 3 is 2.49 bits per heavy atom. The number of nitrogens with one attached hydrogen (secondary N) is 1. The van der Waals surface area contributed by atoms with Crippen LogP contribution in [0.3, 0.4) is 0 Å². The molecule has 1 aliphatic heterocycles. The zero-order valence-corrected chi connectivity index (χ0v) is 23.4. The quantitative estimate of drug-likeness (QED) is 0.317. The van der Waals surface area contributed by atoms with Crippen LogP contribution in [-0.4, -0.2) is 66.5 Å². The molecule has 0 radical (unpaired) electrons. The molecule has 3 aromatic heterocycles. The number of nitrogens with zero attached hydrogens (tertiary/aromatic N) is 7. The van der Waals surface area contributed by atoms with E-state index in [-0.39, 0.29) is 29.2 Å². The first-order valence-electron chi connectivity index (χ1n) is 13.6. The highest BCUT2D eigenvalue weighted by Gasteiger charge is 2.26. The standard InChI is InChI=1S/C29H36F2N8/c1-7-37-10-11-38(16-18(37)4)19(5)21-8-9-26(32-14-21)35-29-33-15-24(31)27(36-29)22-12-23(30)28-25(13-22)39(17(2)3)20(6)34-28/h8-9,12-15,17-19H,7,10-11,16H2,1-6H3,(H,32,33,35,36). The Morgan fingerprint density at radius 1 is 1.03 bits per heavy atom. The average molecular weight is 535 g/mol. The number of aromatic nitrogens is 5. The van der Waals surface area contributed by atoms with Crippen LogP contribution < -0.4 is 5.32 Å². The van der Waals surface area contributed by atoms with Crippen LogP contribution in [0.4, 0.5) is 20.5 Å². The van der Waals surface area contributed by atoms with Crippen molar-refractivity contribution in [1.29, 1.82) is 0 Å². The second-order valence-corrected chi connectivity index (χ2v) is 10.6. The summed E-state index contributed by atoms with van der Waals surface area (Å²) in [5, 5.41) is 3.06. The van der Waals surface area contributed by atoms with Crippen LogP contribution in [-0.2, 0) is 0 Å². The summed E-state index contributed by atoms with van der Waals surface area (Å²) in [6.07, 6.45) is 2.94. The molecule has 1 saturated heterocycles. The first kappa shape index (κ1) is 27.1. The van der Waals surface area contributed by atoms with E-state index in [4.69, 9.17) is 0 Å². The van der Waals surface area contributed by atoms with Crippen molar-refractivity contribution in [2.75, 3.05) is 31.5 Å². The van der Waals surface area contributed by atoms with Gasteiger partial charge in [-0.25, -0.2) is 28.7 Å². The van der Waals surface area contributed by atoms with Crippen molar-refractivity contribution in [1.82, 2.24) is 34.3 Å². The Labute approximate surface area is 228 Å². The number of aryl methyl sites for hydroxylation is 1. The molecule has 2 atom stereocenters. The number of halogens is 2. The van der Waals surface area contributed by atoms with E-state index < -0.39 is 11.6 Å². The number of likely N-dealkylation sites (N-methyl/N-ethyl adjacent to an activating group) is 1. The average Bonchev–Trinajstić information content (AvgIpc) is 3.26. The van der Waals surface area contributed by atoms with E-state index in [1.54, 1.807) is 6.07 Å². The summed E-state index contributed by atoms with van der Waals surface area (Å²) >= 11 is 0. The van der Waals surface area contributed by atoms with Crippen molar-refractivity contribution < 1.29 is 8.78 Å². The minimum Gasteiger partial charge on any atom is -0.326 e. The molecule has 10 heteroatoms. The Hall–Kier alpha value is -3.50. The van der Waals surface area contributed by atoms with Crippen molar-refractivity contribution in [3.05, 3.63) is 59.7 Å². The van der Waals surface area contributed by atoms with Crippen LogP contribution in [0.15, 0.2) is 36.7 Å². The van der Waals surface area contributed by atoms with Crippen LogP contribution >= 0.6 is 0 Å². The summed E-state index contributed by atoms with van der Waals surface area (Å²) in [7, 11) is 0. The second-order valence-electron chi connectivity index (χ2n) is 10.6.